The summed E-state index contributed by atoms with van der Waals surface area (Å²) in [6.45, 7) is 2.22. The van der Waals surface area contributed by atoms with Crippen LogP contribution in [-0.4, -0.2) is 20.8 Å². The molecule has 30 heavy (non-hydrogen) atoms. The van der Waals surface area contributed by atoms with Crippen LogP contribution in [0.5, 0.6) is 5.75 Å². The van der Waals surface area contributed by atoms with Gasteiger partial charge in [-0.15, -0.1) is 0 Å². The fraction of sp³-hybridized carbons (Fsp3) is 0.136. The van der Waals surface area contributed by atoms with E-state index in [1.165, 1.54) is 12.1 Å². The number of aromatic nitrogens is 3. The summed E-state index contributed by atoms with van der Waals surface area (Å²) in [5, 5.41) is 10.9. The number of amides is 1. The van der Waals surface area contributed by atoms with Crippen molar-refractivity contribution in [3.05, 3.63) is 95.4 Å². The van der Waals surface area contributed by atoms with Gasteiger partial charge < -0.3 is 14.6 Å². The third kappa shape index (κ3) is 4.38. The summed E-state index contributed by atoms with van der Waals surface area (Å²) in [5.41, 5.74) is 2.16. The van der Waals surface area contributed by atoms with E-state index in [9.17, 15) is 9.18 Å². The van der Waals surface area contributed by atoms with Gasteiger partial charge in [0.15, 0.2) is 17.3 Å². The minimum Gasteiger partial charge on any atom is -0.486 e. The number of aryl methyl sites for hydroxylation is 1. The summed E-state index contributed by atoms with van der Waals surface area (Å²) < 4.78 is 26.3. The Morgan fingerprint density at radius 1 is 1.20 bits per heavy atom. The summed E-state index contributed by atoms with van der Waals surface area (Å²) in [6, 6.07) is 15.4. The molecule has 0 fully saturated rings. The van der Waals surface area contributed by atoms with Crippen molar-refractivity contribution in [1.82, 2.24) is 14.9 Å². The lowest BCUT2D eigenvalue weighted by Gasteiger charge is -2.09. The van der Waals surface area contributed by atoms with Crippen molar-refractivity contribution in [3.63, 3.8) is 0 Å². The molecule has 152 valence electrons. The molecule has 1 amide bonds. The van der Waals surface area contributed by atoms with Crippen LogP contribution in [0.25, 0.3) is 0 Å². The summed E-state index contributed by atoms with van der Waals surface area (Å²) in [5.74, 6) is -0.387. The molecular weight excluding hydrogens is 387 g/mol. The minimum absolute atomic E-state index is 0.0433. The van der Waals surface area contributed by atoms with E-state index in [2.05, 4.69) is 15.6 Å². The Bertz CT molecular complexity index is 1150. The van der Waals surface area contributed by atoms with E-state index in [1.54, 1.807) is 36.0 Å². The number of hydrogen-bond donors (Lipinski definition) is 1. The van der Waals surface area contributed by atoms with Crippen molar-refractivity contribution in [2.24, 2.45) is 0 Å². The number of nitrogens with zero attached hydrogens (tertiary/aromatic N) is 3. The average molecular weight is 406 g/mol. The first-order valence-corrected chi connectivity index (χ1v) is 9.30. The number of carbonyl (C=O) groups excluding carboxylic acids is 1. The highest BCUT2D eigenvalue weighted by atomic mass is 19.1. The molecule has 0 aliphatic carbocycles. The largest absolute Gasteiger partial charge is 0.486 e. The monoisotopic (exact) mass is 406 g/mol. The fourth-order valence-electron chi connectivity index (χ4n) is 2.97. The van der Waals surface area contributed by atoms with Gasteiger partial charge in [0.25, 0.3) is 5.91 Å². The van der Waals surface area contributed by atoms with Gasteiger partial charge in [-0.2, -0.15) is 5.10 Å². The quantitative estimate of drug-likeness (QED) is 0.497. The standard InChI is InChI=1S/C22H19FN4O3/c1-15-18(14-29-20-9-3-2-8-19(20)23)21(26-30-15)22(28)25-17-7-4-6-16(12-17)13-27-11-5-10-24-27/h2-12H,13-14H2,1H3,(H,25,28). The van der Waals surface area contributed by atoms with Crippen LogP contribution < -0.4 is 10.1 Å². The Kier molecular flexibility index (Phi) is 5.56. The molecule has 2 aromatic heterocycles. The number of benzene rings is 2. The first kappa shape index (κ1) is 19.4. The molecule has 0 aliphatic rings. The van der Waals surface area contributed by atoms with Crippen molar-refractivity contribution in [2.45, 2.75) is 20.1 Å². The Labute approximate surface area is 172 Å². The summed E-state index contributed by atoms with van der Waals surface area (Å²) in [4.78, 5) is 12.8. The molecule has 0 aliphatic heterocycles. The van der Waals surface area contributed by atoms with E-state index < -0.39 is 11.7 Å². The van der Waals surface area contributed by atoms with Crippen molar-refractivity contribution < 1.29 is 18.4 Å². The van der Waals surface area contributed by atoms with E-state index in [4.69, 9.17) is 9.26 Å². The first-order chi connectivity index (χ1) is 14.6. The van der Waals surface area contributed by atoms with Gasteiger partial charge in [-0.05, 0) is 42.8 Å². The Morgan fingerprint density at radius 3 is 2.87 bits per heavy atom. The van der Waals surface area contributed by atoms with Gasteiger partial charge in [0.2, 0.25) is 0 Å². The zero-order valence-corrected chi connectivity index (χ0v) is 16.2. The number of halogens is 1. The maximum Gasteiger partial charge on any atom is 0.278 e. The Hall–Kier alpha value is -3.94. The lowest BCUT2D eigenvalue weighted by atomic mass is 10.1. The number of hydrogen-bond acceptors (Lipinski definition) is 5. The SMILES string of the molecule is Cc1onc(C(=O)Nc2cccc(Cn3cccn3)c2)c1COc1ccccc1F. The minimum atomic E-state index is -0.480. The number of nitrogens with one attached hydrogen (secondary N) is 1. The second-order valence-corrected chi connectivity index (χ2v) is 6.64. The van der Waals surface area contributed by atoms with Crippen LogP contribution in [0.1, 0.15) is 27.4 Å². The zero-order valence-electron chi connectivity index (χ0n) is 16.2. The van der Waals surface area contributed by atoms with Crippen LogP contribution in [0.4, 0.5) is 10.1 Å². The number of carbonyl (C=O) groups is 1. The summed E-state index contributed by atoms with van der Waals surface area (Å²) in [6.07, 6.45) is 3.58. The number of anilines is 1. The smallest absolute Gasteiger partial charge is 0.278 e. The number of ether oxygens (including phenoxy) is 1. The average Bonchev–Trinajstić information content (AvgIpc) is 3.37. The third-order valence-electron chi connectivity index (χ3n) is 4.50. The predicted octanol–water partition coefficient (Wildman–Crippen LogP) is 4.20. The highest BCUT2D eigenvalue weighted by Crippen LogP contribution is 2.21. The normalized spacial score (nSPS) is 10.7. The molecule has 0 bridgehead atoms. The maximum atomic E-state index is 13.8. The molecule has 4 aromatic rings. The van der Waals surface area contributed by atoms with Crippen molar-refractivity contribution >= 4 is 11.6 Å². The van der Waals surface area contributed by atoms with Crippen LogP contribution in [0.3, 0.4) is 0 Å². The van der Waals surface area contributed by atoms with E-state index in [0.717, 1.165) is 5.56 Å². The molecule has 0 radical (unpaired) electrons. The second-order valence-electron chi connectivity index (χ2n) is 6.64. The third-order valence-corrected chi connectivity index (χ3v) is 4.50. The van der Waals surface area contributed by atoms with Gasteiger partial charge in [0.05, 0.1) is 12.1 Å². The molecule has 4 rings (SSSR count). The van der Waals surface area contributed by atoms with Crippen LogP contribution >= 0.6 is 0 Å². The molecule has 0 saturated heterocycles. The van der Waals surface area contributed by atoms with Gasteiger partial charge in [0, 0.05) is 18.1 Å². The zero-order chi connectivity index (χ0) is 20.9. The molecule has 0 spiro atoms. The Balaban J connectivity index is 1.47. The van der Waals surface area contributed by atoms with Crippen LogP contribution in [0.2, 0.25) is 0 Å². The maximum absolute atomic E-state index is 13.8. The summed E-state index contributed by atoms with van der Waals surface area (Å²) in [7, 11) is 0. The Morgan fingerprint density at radius 2 is 2.07 bits per heavy atom. The van der Waals surface area contributed by atoms with Gasteiger partial charge in [-0.1, -0.05) is 29.4 Å². The highest BCUT2D eigenvalue weighted by Gasteiger charge is 2.21. The van der Waals surface area contributed by atoms with Gasteiger partial charge in [-0.25, -0.2) is 4.39 Å². The fourth-order valence-corrected chi connectivity index (χ4v) is 2.97. The number of rotatable bonds is 7. The van der Waals surface area contributed by atoms with E-state index >= 15 is 0 Å². The molecule has 2 aromatic carbocycles. The van der Waals surface area contributed by atoms with E-state index in [-0.39, 0.29) is 18.1 Å². The lowest BCUT2D eigenvalue weighted by Crippen LogP contribution is -2.15. The molecule has 1 N–H and O–H groups in total. The number of para-hydroxylation sites is 1. The lowest BCUT2D eigenvalue weighted by molar-refractivity contribution is 0.101. The van der Waals surface area contributed by atoms with Crippen molar-refractivity contribution in [1.29, 1.82) is 0 Å². The van der Waals surface area contributed by atoms with Gasteiger partial charge in [0.1, 0.15) is 12.4 Å². The topological polar surface area (TPSA) is 82.2 Å². The molecule has 0 unspecified atom stereocenters. The molecular formula is C22H19FN4O3. The molecule has 0 atom stereocenters. The summed E-state index contributed by atoms with van der Waals surface area (Å²) >= 11 is 0. The molecule has 7 nitrogen and oxygen atoms in total. The first-order valence-electron chi connectivity index (χ1n) is 9.30. The van der Waals surface area contributed by atoms with Crippen LogP contribution in [-0.2, 0) is 13.2 Å². The predicted molar refractivity (Wildman–Crippen MR) is 108 cm³/mol. The van der Waals surface area contributed by atoms with Gasteiger partial charge in [-0.3, -0.25) is 9.48 Å². The van der Waals surface area contributed by atoms with Gasteiger partial charge >= 0.3 is 0 Å². The van der Waals surface area contributed by atoms with E-state index in [1.807, 2.05) is 30.5 Å². The molecule has 2 heterocycles. The second kappa shape index (κ2) is 8.60. The van der Waals surface area contributed by atoms with Crippen LogP contribution in [0, 0.1) is 12.7 Å². The highest BCUT2D eigenvalue weighted by molar-refractivity contribution is 6.03. The van der Waals surface area contributed by atoms with E-state index in [0.29, 0.717) is 23.6 Å². The molecule has 8 heteroatoms. The van der Waals surface area contributed by atoms with Crippen LogP contribution in [0.15, 0.2) is 71.5 Å². The molecule has 0 saturated carbocycles. The van der Waals surface area contributed by atoms with Crippen molar-refractivity contribution in [2.75, 3.05) is 5.32 Å². The van der Waals surface area contributed by atoms with Crippen molar-refractivity contribution in [3.8, 4) is 5.75 Å².